The summed E-state index contributed by atoms with van der Waals surface area (Å²) in [5, 5.41) is 8.64. The van der Waals surface area contributed by atoms with E-state index in [1.165, 1.54) is 0 Å². The van der Waals surface area contributed by atoms with E-state index < -0.39 is 37.8 Å². The minimum Gasteiger partial charge on any atom is -0.387 e. The van der Waals surface area contributed by atoms with Gasteiger partial charge in [0.25, 0.3) is 10.1 Å². The van der Waals surface area contributed by atoms with Gasteiger partial charge in [-0.3, -0.25) is 4.55 Å². The van der Waals surface area contributed by atoms with Crippen LogP contribution in [-0.2, 0) is 25.9 Å². The Labute approximate surface area is 95.8 Å². The third kappa shape index (κ3) is 4.44. The molecule has 0 aromatic heterocycles. The standard InChI is InChI=1S/C7H14O7S2/c8-7(1-2-14-5-7)3-6(15(9)10)4-16(11,12)13/h6,8H,1-5H2,(H,9,10)(H,11,12,13). The maximum Gasteiger partial charge on any atom is 0.266 e. The molecular formula is C7H14O7S2. The summed E-state index contributed by atoms with van der Waals surface area (Å²) in [6, 6.07) is 0. The number of ether oxygens (including phenoxy) is 1. The molecule has 1 saturated heterocycles. The van der Waals surface area contributed by atoms with Crippen LogP contribution in [0.2, 0.25) is 0 Å². The lowest BCUT2D eigenvalue weighted by Gasteiger charge is -2.23. The van der Waals surface area contributed by atoms with Crippen LogP contribution in [0.3, 0.4) is 0 Å². The Hall–Kier alpha value is -0.0600. The van der Waals surface area contributed by atoms with Gasteiger partial charge in [0, 0.05) is 13.0 Å². The van der Waals surface area contributed by atoms with E-state index in [0.717, 1.165) is 0 Å². The molecule has 9 heteroatoms. The molecule has 1 aliphatic heterocycles. The third-order valence-corrected chi connectivity index (χ3v) is 4.31. The van der Waals surface area contributed by atoms with Crippen LogP contribution in [0, 0.1) is 0 Å². The van der Waals surface area contributed by atoms with E-state index in [4.69, 9.17) is 13.8 Å². The molecule has 0 aromatic carbocycles. The molecule has 0 spiro atoms. The largest absolute Gasteiger partial charge is 0.387 e. The van der Waals surface area contributed by atoms with Gasteiger partial charge in [0.05, 0.1) is 23.2 Å². The number of rotatable bonds is 5. The lowest BCUT2D eigenvalue weighted by Crippen LogP contribution is -2.38. The zero-order valence-corrected chi connectivity index (χ0v) is 10.0. The van der Waals surface area contributed by atoms with Gasteiger partial charge in [-0.15, -0.1) is 0 Å². The van der Waals surface area contributed by atoms with E-state index in [2.05, 4.69) is 0 Å². The van der Waals surface area contributed by atoms with Crippen molar-refractivity contribution in [1.29, 1.82) is 0 Å². The minimum absolute atomic E-state index is 0.00613. The molecule has 1 fully saturated rings. The smallest absolute Gasteiger partial charge is 0.266 e. The first kappa shape index (κ1) is 14.0. The molecule has 0 radical (unpaired) electrons. The minimum atomic E-state index is -4.34. The fraction of sp³-hybridized carbons (Fsp3) is 1.00. The van der Waals surface area contributed by atoms with Crippen molar-refractivity contribution in [3.63, 3.8) is 0 Å². The van der Waals surface area contributed by atoms with Crippen molar-refractivity contribution < 1.29 is 31.6 Å². The molecule has 0 saturated carbocycles. The molecule has 3 N–H and O–H groups in total. The van der Waals surface area contributed by atoms with Gasteiger partial charge in [-0.1, -0.05) is 0 Å². The highest BCUT2D eigenvalue weighted by Gasteiger charge is 2.38. The maximum absolute atomic E-state index is 10.9. The first-order valence-corrected chi connectivity index (χ1v) is 7.35. The summed E-state index contributed by atoms with van der Waals surface area (Å²) in [7, 11) is -4.34. The summed E-state index contributed by atoms with van der Waals surface area (Å²) >= 11 is -2.43. The quantitative estimate of drug-likeness (QED) is 0.434. The second-order valence-electron chi connectivity index (χ2n) is 3.88. The van der Waals surface area contributed by atoms with Crippen LogP contribution in [0.4, 0.5) is 0 Å². The fourth-order valence-electron chi connectivity index (χ4n) is 1.60. The van der Waals surface area contributed by atoms with Crippen LogP contribution < -0.4 is 0 Å². The lowest BCUT2D eigenvalue weighted by atomic mass is 9.97. The number of hydrogen-bond donors (Lipinski definition) is 3. The van der Waals surface area contributed by atoms with Gasteiger partial charge in [-0.2, -0.15) is 8.42 Å². The van der Waals surface area contributed by atoms with E-state index in [0.29, 0.717) is 6.61 Å². The van der Waals surface area contributed by atoms with Crippen molar-refractivity contribution in [2.45, 2.75) is 23.7 Å². The summed E-state index contributed by atoms with van der Waals surface area (Å²) in [6.07, 6.45) is 0.0854. The van der Waals surface area contributed by atoms with Crippen molar-refractivity contribution in [1.82, 2.24) is 0 Å². The van der Waals surface area contributed by atoms with E-state index >= 15 is 0 Å². The van der Waals surface area contributed by atoms with Crippen LogP contribution in [0.1, 0.15) is 12.8 Å². The van der Waals surface area contributed by atoms with Gasteiger partial charge < -0.3 is 14.4 Å². The predicted molar refractivity (Wildman–Crippen MR) is 56.0 cm³/mol. The van der Waals surface area contributed by atoms with E-state index in [9.17, 15) is 17.7 Å². The Bertz CT molecular complexity index is 357. The summed E-state index contributed by atoms with van der Waals surface area (Å²) in [4.78, 5) is 0. The number of hydrogen-bond acceptors (Lipinski definition) is 5. The molecule has 1 aliphatic rings. The Morgan fingerprint density at radius 3 is 2.50 bits per heavy atom. The SMILES string of the molecule is O=S(O)C(CC1(O)CCOC1)CS(=O)(=O)O. The highest BCUT2D eigenvalue weighted by molar-refractivity contribution is 7.87. The van der Waals surface area contributed by atoms with Crippen LogP contribution in [0.25, 0.3) is 0 Å². The molecule has 1 heterocycles. The van der Waals surface area contributed by atoms with Crippen LogP contribution >= 0.6 is 0 Å². The Morgan fingerprint density at radius 2 is 2.12 bits per heavy atom. The van der Waals surface area contributed by atoms with Gasteiger partial charge in [-0.05, 0) is 6.42 Å². The molecule has 96 valence electrons. The Balaban J connectivity index is 2.68. The summed E-state index contributed by atoms with van der Waals surface area (Å²) in [5.41, 5.74) is -1.28. The molecule has 16 heavy (non-hydrogen) atoms. The van der Waals surface area contributed by atoms with Gasteiger partial charge in [0.1, 0.15) is 0 Å². The molecular weight excluding hydrogens is 260 g/mol. The first-order chi connectivity index (χ1) is 7.22. The molecule has 0 bridgehead atoms. The van der Waals surface area contributed by atoms with Crippen molar-refractivity contribution >= 4 is 21.2 Å². The van der Waals surface area contributed by atoms with E-state index in [-0.39, 0.29) is 19.4 Å². The molecule has 3 unspecified atom stereocenters. The monoisotopic (exact) mass is 274 g/mol. The molecule has 0 amide bonds. The highest BCUT2D eigenvalue weighted by atomic mass is 32.2. The second kappa shape index (κ2) is 5.07. The average Bonchev–Trinajstić information content (AvgIpc) is 2.48. The first-order valence-electron chi connectivity index (χ1n) is 4.57. The summed E-state index contributed by atoms with van der Waals surface area (Å²) in [5.74, 6) is -0.849. The maximum atomic E-state index is 10.9. The zero-order chi connectivity index (χ0) is 12.4. The number of aliphatic hydroxyl groups is 1. The molecule has 3 atom stereocenters. The average molecular weight is 274 g/mol. The van der Waals surface area contributed by atoms with Gasteiger partial charge in [0.15, 0.2) is 11.1 Å². The molecule has 0 aromatic rings. The predicted octanol–water partition coefficient (Wildman–Crippen LogP) is -0.994. The van der Waals surface area contributed by atoms with Crippen molar-refractivity contribution in [2.75, 3.05) is 19.0 Å². The zero-order valence-electron chi connectivity index (χ0n) is 8.40. The molecule has 0 aliphatic carbocycles. The summed E-state index contributed by atoms with van der Waals surface area (Å²) in [6.45, 7) is 0.333. The van der Waals surface area contributed by atoms with Crippen LogP contribution in [0.15, 0.2) is 0 Å². The van der Waals surface area contributed by atoms with E-state index in [1.807, 2.05) is 0 Å². The van der Waals surface area contributed by atoms with Gasteiger partial charge in [-0.25, -0.2) is 4.21 Å². The Kier molecular flexibility index (Phi) is 4.43. The van der Waals surface area contributed by atoms with Crippen LogP contribution in [-0.4, -0.2) is 56.7 Å². The lowest BCUT2D eigenvalue weighted by molar-refractivity contribution is 0.0194. The topological polar surface area (TPSA) is 121 Å². The highest BCUT2D eigenvalue weighted by Crippen LogP contribution is 2.25. The van der Waals surface area contributed by atoms with Crippen molar-refractivity contribution in [3.05, 3.63) is 0 Å². The third-order valence-electron chi connectivity index (χ3n) is 2.37. The van der Waals surface area contributed by atoms with Crippen molar-refractivity contribution in [3.8, 4) is 0 Å². The van der Waals surface area contributed by atoms with Gasteiger partial charge >= 0.3 is 0 Å². The molecule has 1 rings (SSSR count). The second-order valence-corrected chi connectivity index (χ2v) is 6.59. The summed E-state index contributed by atoms with van der Waals surface area (Å²) < 4.78 is 54.6. The van der Waals surface area contributed by atoms with Crippen molar-refractivity contribution in [2.24, 2.45) is 0 Å². The van der Waals surface area contributed by atoms with Gasteiger partial charge in [0.2, 0.25) is 0 Å². The van der Waals surface area contributed by atoms with E-state index in [1.54, 1.807) is 0 Å². The normalized spacial score (nSPS) is 30.2. The molecule has 7 nitrogen and oxygen atoms in total. The van der Waals surface area contributed by atoms with Crippen LogP contribution in [0.5, 0.6) is 0 Å². The Morgan fingerprint density at radius 1 is 1.50 bits per heavy atom. The fourth-order valence-corrected chi connectivity index (χ4v) is 3.63.